The van der Waals surface area contributed by atoms with E-state index in [0.717, 1.165) is 27.7 Å². The summed E-state index contributed by atoms with van der Waals surface area (Å²) in [6, 6.07) is 24.7. The molecular weight excluding hydrogens is 364 g/mol. The van der Waals surface area contributed by atoms with Gasteiger partial charge in [-0.15, -0.1) is 0 Å². The SMILES string of the molecule is NC(=O)c1nn(Cc2cccc(NC(=O)Cc3ccccc3)c2)c2ccccc12. The molecule has 29 heavy (non-hydrogen) atoms. The van der Waals surface area contributed by atoms with Crippen molar-refractivity contribution in [3.05, 3.63) is 95.7 Å². The number of anilines is 1. The Kier molecular flexibility index (Phi) is 5.07. The van der Waals surface area contributed by atoms with Gasteiger partial charge < -0.3 is 11.1 Å². The number of rotatable bonds is 6. The zero-order valence-corrected chi connectivity index (χ0v) is 15.7. The van der Waals surface area contributed by atoms with Crippen LogP contribution in [-0.4, -0.2) is 21.6 Å². The third-order valence-corrected chi connectivity index (χ3v) is 4.64. The normalized spacial score (nSPS) is 10.8. The van der Waals surface area contributed by atoms with E-state index >= 15 is 0 Å². The first-order valence-electron chi connectivity index (χ1n) is 9.28. The highest BCUT2D eigenvalue weighted by atomic mass is 16.2. The van der Waals surface area contributed by atoms with Gasteiger partial charge in [-0.1, -0.05) is 60.7 Å². The quantitative estimate of drug-likeness (QED) is 0.534. The molecule has 1 aromatic heterocycles. The Morgan fingerprint density at radius 3 is 2.41 bits per heavy atom. The molecule has 4 aromatic rings. The Morgan fingerprint density at radius 1 is 0.897 bits per heavy atom. The van der Waals surface area contributed by atoms with Gasteiger partial charge in [-0.3, -0.25) is 14.3 Å². The van der Waals surface area contributed by atoms with Crippen LogP contribution in [0.3, 0.4) is 0 Å². The topological polar surface area (TPSA) is 90.0 Å². The number of nitrogens with two attached hydrogens (primary N) is 1. The molecule has 3 aromatic carbocycles. The Hall–Kier alpha value is -3.93. The van der Waals surface area contributed by atoms with Gasteiger partial charge in [-0.05, 0) is 29.3 Å². The van der Waals surface area contributed by atoms with Crippen LogP contribution in [0, 0.1) is 0 Å². The number of hydrogen-bond acceptors (Lipinski definition) is 3. The van der Waals surface area contributed by atoms with E-state index in [0.29, 0.717) is 13.0 Å². The van der Waals surface area contributed by atoms with Gasteiger partial charge >= 0.3 is 0 Å². The zero-order valence-electron chi connectivity index (χ0n) is 15.7. The zero-order chi connectivity index (χ0) is 20.2. The molecule has 0 aliphatic carbocycles. The third-order valence-electron chi connectivity index (χ3n) is 4.64. The van der Waals surface area contributed by atoms with Crippen molar-refractivity contribution in [2.45, 2.75) is 13.0 Å². The summed E-state index contributed by atoms with van der Waals surface area (Å²) in [6.45, 7) is 0.455. The standard InChI is InChI=1S/C23H20N4O2/c24-23(29)22-19-11-4-5-12-20(19)27(26-22)15-17-9-6-10-18(13-17)25-21(28)14-16-7-2-1-3-8-16/h1-13H,14-15H2,(H2,24,29)(H,25,28). The maximum absolute atomic E-state index is 12.3. The van der Waals surface area contributed by atoms with E-state index in [1.54, 1.807) is 4.68 Å². The summed E-state index contributed by atoms with van der Waals surface area (Å²) >= 11 is 0. The first-order chi connectivity index (χ1) is 14.1. The molecule has 4 rings (SSSR count). The van der Waals surface area contributed by atoms with Gasteiger partial charge in [0.25, 0.3) is 5.91 Å². The Balaban J connectivity index is 1.53. The highest BCUT2D eigenvalue weighted by molar-refractivity contribution is 6.04. The Bertz CT molecular complexity index is 1180. The molecule has 6 heteroatoms. The van der Waals surface area contributed by atoms with E-state index in [1.807, 2.05) is 78.9 Å². The number of carbonyl (C=O) groups is 2. The van der Waals surface area contributed by atoms with Crippen molar-refractivity contribution in [1.82, 2.24) is 9.78 Å². The first kappa shape index (κ1) is 18.4. The van der Waals surface area contributed by atoms with Crippen LogP contribution in [0.5, 0.6) is 0 Å². The second-order valence-corrected chi connectivity index (χ2v) is 6.80. The molecule has 144 valence electrons. The van der Waals surface area contributed by atoms with Crippen LogP contribution in [-0.2, 0) is 17.8 Å². The predicted molar refractivity (Wildman–Crippen MR) is 113 cm³/mol. The molecule has 0 unspecified atom stereocenters. The summed E-state index contributed by atoms with van der Waals surface area (Å²) in [6.07, 6.45) is 0.316. The molecule has 0 saturated heterocycles. The van der Waals surface area contributed by atoms with Crippen LogP contribution in [0.1, 0.15) is 21.6 Å². The highest BCUT2D eigenvalue weighted by Crippen LogP contribution is 2.20. The van der Waals surface area contributed by atoms with E-state index in [2.05, 4.69) is 10.4 Å². The van der Waals surface area contributed by atoms with E-state index in [-0.39, 0.29) is 11.6 Å². The number of nitrogens with zero attached hydrogens (tertiary/aromatic N) is 2. The molecule has 0 bridgehead atoms. The molecule has 3 N–H and O–H groups in total. The summed E-state index contributed by atoms with van der Waals surface area (Å²) < 4.78 is 1.75. The van der Waals surface area contributed by atoms with Crippen molar-refractivity contribution in [2.75, 3.05) is 5.32 Å². The van der Waals surface area contributed by atoms with Gasteiger partial charge in [-0.2, -0.15) is 5.10 Å². The minimum Gasteiger partial charge on any atom is -0.364 e. The highest BCUT2D eigenvalue weighted by Gasteiger charge is 2.14. The van der Waals surface area contributed by atoms with Crippen LogP contribution >= 0.6 is 0 Å². The number of aromatic nitrogens is 2. The number of primary amides is 1. The average Bonchev–Trinajstić information content (AvgIpc) is 3.08. The molecule has 0 saturated carbocycles. The maximum atomic E-state index is 12.3. The summed E-state index contributed by atoms with van der Waals surface area (Å²) in [5.74, 6) is -0.629. The lowest BCUT2D eigenvalue weighted by Crippen LogP contribution is -2.15. The average molecular weight is 384 g/mol. The molecule has 0 spiro atoms. The van der Waals surface area contributed by atoms with E-state index in [9.17, 15) is 9.59 Å². The second kappa shape index (κ2) is 7.98. The van der Waals surface area contributed by atoms with Crippen molar-refractivity contribution in [2.24, 2.45) is 5.73 Å². The van der Waals surface area contributed by atoms with E-state index < -0.39 is 5.91 Å². The van der Waals surface area contributed by atoms with Gasteiger partial charge in [0.15, 0.2) is 5.69 Å². The maximum Gasteiger partial charge on any atom is 0.269 e. The molecule has 1 heterocycles. The summed E-state index contributed by atoms with van der Waals surface area (Å²) in [5.41, 5.74) is 9.19. The fraction of sp³-hybridized carbons (Fsp3) is 0.0870. The lowest BCUT2D eigenvalue weighted by Gasteiger charge is -2.09. The molecule has 0 aliphatic heterocycles. The fourth-order valence-corrected chi connectivity index (χ4v) is 3.34. The van der Waals surface area contributed by atoms with E-state index in [4.69, 9.17) is 5.73 Å². The van der Waals surface area contributed by atoms with Crippen LogP contribution in [0.15, 0.2) is 78.9 Å². The molecule has 0 aliphatic rings. The summed E-state index contributed by atoms with van der Waals surface area (Å²) in [7, 11) is 0. The minimum absolute atomic E-state index is 0.0751. The van der Waals surface area contributed by atoms with Crippen molar-refractivity contribution >= 4 is 28.4 Å². The summed E-state index contributed by atoms with van der Waals surface area (Å²) in [5, 5.41) is 8.05. The van der Waals surface area contributed by atoms with Gasteiger partial charge in [-0.25, -0.2) is 0 Å². The number of nitrogens with one attached hydrogen (secondary N) is 1. The molecule has 0 atom stereocenters. The van der Waals surface area contributed by atoms with Crippen molar-refractivity contribution in [3.8, 4) is 0 Å². The lowest BCUT2D eigenvalue weighted by atomic mass is 10.1. The predicted octanol–water partition coefficient (Wildman–Crippen LogP) is 3.36. The number of hydrogen-bond donors (Lipinski definition) is 2. The fourth-order valence-electron chi connectivity index (χ4n) is 3.34. The lowest BCUT2D eigenvalue weighted by molar-refractivity contribution is -0.115. The van der Waals surface area contributed by atoms with Gasteiger partial charge in [0, 0.05) is 11.1 Å². The molecular formula is C23H20N4O2. The molecule has 6 nitrogen and oxygen atoms in total. The Labute approximate surface area is 168 Å². The largest absolute Gasteiger partial charge is 0.364 e. The van der Waals surface area contributed by atoms with Crippen molar-refractivity contribution in [3.63, 3.8) is 0 Å². The van der Waals surface area contributed by atoms with Gasteiger partial charge in [0.2, 0.25) is 5.91 Å². The number of amides is 2. The minimum atomic E-state index is -0.554. The molecule has 0 radical (unpaired) electrons. The summed E-state index contributed by atoms with van der Waals surface area (Å²) in [4.78, 5) is 24.0. The number of fused-ring (bicyclic) bond motifs is 1. The van der Waals surface area contributed by atoms with Crippen LogP contribution in [0.4, 0.5) is 5.69 Å². The van der Waals surface area contributed by atoms with Crippen molar-refractivity contribution in [1.29, 1.82) is 0 Å². The van der Waals surface area contributed by atoms with Gasteiger partial charge in [0.1, 0.15) is 0 Å². The molecule has 2 amide bonds. The number of para-hydroxylation sites is 1. The molecule has 0 fully saturated rings. The van der Waals surface area contributed by atoms with Crippen LogP contribution in [0.25, 0.3) is 10.9 Å². The first-order valence-corrected chi connectivity index (χ1v) is 9.28. The number of carbonyl (C=O) groups excluding carboxylic acids is 2. The van der Waals surface area contributed by atoms with Crippen LogP contribution < -0.4 is 11.1 Å². The van der Waals surface area contributed by atoms with E-state index in [1.165, 1.54) is 0 Å². The monoisotopic (exact) mass is 384 g/mol. The second-order valence-electron chi connectivity index (χ2n) is 6.80. The van der Waals surface area contributed by atoms with Crippen LogP contribution in [0.2, 0.25) is 0 Å². The Morgan fingerprint density at radius 2 is 1.62 bits per heavy atom. The van der Waals surface area contributed by atoms with Gasteiger partial charge in [0.05, 0.1) is 18.5 Å². The third kappa shape index (κ3) is 4.16. The smallest absolute Gasteiger partial charge is 0.269 e. The van der Waals surface area contributed by atoms with Crippen molar-refractivity contribution < 1.29 is 9.59 Å². The number of benzene rings is 3.